The summed E-state index contributed by atoms with van der Waals surface area (Å²) < 4.78 is 7.11. The van der Waals surface area contributed by atoms with Gasteiger partial charge in [0.15, 0.2) is 0 Å². The number of aryl methyl sites for hydroxylation is 1. The lowest BCUT2D eigenvalue weighted by Crippen LogP contribution is -2.62. The van der Waals surface area contributed by atoms with Gasteiger partial charge in [-0.2, -0.15) is 0 Å². The summed E-state index contributed by atoms with van der Waals surface area (Å²) in [5, 5.41) is 0. The molecule has 0 N–H and O–H groups in total. The number of hydrogen-bond acceptors (Lipinski definition) is 4. The summed E-state index contributed by atoms with van der Waals surface area (Å²) in [4.78, 5) is 10.5. The third-order valence-corrected chi connectivity index (χ3v) is 12.1. The number of rotatable bonds is 2. The number of hydrogen-bond donors (Lipinski definition) is 0. The van der Waals surface area contributed by atoms with Crippen molar-refractivity contribution in [2.45, 2.75) is 164 Å². The maximum Gasteiger partial charge on any atom is 0.279 e. The maximum atomic E-state index is 7.11. The molecule has 0 unspecified atom stereocenters. The van der Waals surface area contributed by atoms with Gasteiger partial charge in [0.05, 0.1) is 5.59 Å². The maximum absolute atomic E-state index is 7.11. The smallest absolute Gasteiger partial charge is 0.279 e. The van der Waals surface area contributed by atoms with Crippen molar-refractivity contribution in [3.8, 4) is 0 Å². The Kier molecular flexibility index (Phi) is 9.25. The number of fused-ring (bicyclic) bond motifs is 4. The predicted octanol–water partition coefficient (Wildman–Crippen LogP) is 12.9. The molecular formula is C52H68BN3O. The summed E-state index contributed by atoms with van der Waals surface area (Å²) in [5.74, 6) is 1.58. The normalized spacial score (nSPS) is 14.8. The van der Waals surface area contributed by atoms with Gasteiger partial charge in [0.2, 0.25) is 11.8 Å². The molecule has 1 aromatic heterocycles. The van der Waals surface area contributed by atoms with Crippen LogP contribution in [0, 0.1) is 6.92 Å². The summed E-state index contributed by atoms with van der Waals surface area (Å²) in [7, 11) is 0. The van der Waals surface area contributed by atoms with Gasteiger partial charge in [-0.1, -0.05) is 149 Å². The standard InChI is InChI=1S/C52H68BN3O/c1-31-22-41-43-42(23-31)56(38-28-35(50(11,12)13)25-36(29-38)51(14,15)16)45-44(54-46(57-45)52(17,18)19)53(43)39-30-32(47(2,3)4)20-21-40(39)55(41)37-26-33(48(5,6)7)24-34(27-37)49(8,9)10/h20-30H,1-19H3. The Hall–Kier alpha value is -4.25. The quantitative estimate of drug-likeness (QED) is 0.164. The molecule has 7 rings (SSSR count). The minimum absolute atomic E-state index is 0.0299. The van der Waals surface area contributed by atoms with Crippen LogP contribution in [0.3, 0.4) is 0 Å². The monoisotopic (exact) mass is 762 g/mol. The first kappa shape index (κ1) is 40.9. The molecule has 4 nitrogen and oxygen atoms in total. The average molecular weight is 762 g/mol. The first-order chi connectivity index (χ1) is 25.9. The second-order valence-corrected chi connectivity index (χ2v) is 23.3. The van der Waals surface area contributed by atoms with Crippen LogP contribution < -0.4 is 26.3 Å². The van der Waals surface area contributed by atoms with Crippen LogP contribution in [0.2, 0.25) is 0 Å². The molecular weight excluding hydrogens is 693 g/mol. The van der Waals surface area contributed by atoms with Crippen molar-refractivity contribution in [1.29, 1.82) is 0 Å². The zero-order valence-electron chi connectivity index (χ0n) is 38.7. The molecule has 57 heavy (non-hydrogen) atoms. The van der Waals surface area contributed by atoms with Crippen LogP contribution in [0.4, 0.5) is 34.3 Å². The van der Waals surface area contributed by atoms with Crippen LogP contribution in [0.5, 0.6) is 0 Å². The molecule has 0 fully saturated rings. The van der Waals surface area contributed by atoms with Gasteiger partial charge in [-0.05, 0) is 121 Å². The van der Waals surface area contributed by atoms with Crippen molar-refractivity contribution in [2.75, 3.05) is 9.80 Å². The van der Waals surface area contributed by atoms with Crippen molar-refractivity contribution < 1.29 is 4.42 Å². The van der Waals surface area contributed by atoms with Gasteiger partial charge in [-0.25, -0.2) is 4.98 Å². The molecule has 3 heterocycles. The predicted molar refractivity (Wildman–Crippen MR) is 247 cm³/mol. The molecule has 300 valence electrons. The highest BCUT2D eigenvalue weighted by Crippen LogP contribution is 2.48. The van der Waals surface area contributed by atoms with E-state index in [1.54, 1.807) is 0 Å². The van der Waals surface area contributed by atoms with Crippen molar-refractivity contribution in [1.82, 2.24) is 4.98 Å². The minimum Gasteiger partial charge on any atom is -0.424 e. The highest BCUT2D eigenvalue weighted by atomic mass is 16.4. The fourth-order valence-corrected chi connectivity index (χ4v) is 8.30. The highest BCUT2D eigenvalue weighted by Gasteiger charge is 2.48. The van der Waals surface area contributed by atoms with Gasteiger partial charge in [-0.3, -0.25) is 4.90 Å². The molecule has 4 aromatic carbocycles. The number of aromatic nitrogens is 1. The second kappa shape index (κ2) is 12.9. The zero-order chi connectivity index (χ0) is 42.2. The first-order valence-corrected chi connectivity index (χ1v) is 21.2. The van der Waals surface area contributed by atoms with E-state index in [0.717, 1.165) is 28.7 Å². The summed E-state index contributed by atoms with van der Waals surface area (Å²) >= 11 is 0. The molecule has 0 saturated heterocycles. The van der Waals surface area contributed by atoms with Gasteiger partial charge >= 0.3 is 0 Å². The van der Waals surface area contributed by atoms with E-state index in [1.165, 1.54) is 61.4 Å². The summed E-state index contributed by atoms with van der Waals surface area (Å²) in [6.45, 7) is 43.6. The molecule has 0 spiro atoms. The molecule has 0 amide bonds. The van der Waals surface area contributed by atoms with Crippen LogP contribution in [-0.4, -0.2) is 11.7 Å². The van der Waals surface area contributed by atoms with E-state index < -0.39 is 0 Å². The molecule has 0 bridgehead atoms. The molecule has 0 aliphatic carbocycles. The Bertz CT molecular complexity index is 2320. The van der Waals surface area contributed by atoms with Crippen molar-refractivity contribution >= 4 is 57.6 Å². The lowest BCUT2D eigenvalue weighted by molar-refractivity contribution is 0.397. The van der Waals surface area contributed by atoms with E-state index in [2.05, 4.69) is 208 Å². The SMILES string of the molecule is Cc1cc2c3c(c1)N(c1cc(C(C)(C)C)cc(C(C)(C)C)c1)c1oc(C(C)(C)C)nc1B3c1cc(C(C)(C)C)ccc1N2c1cc(C(C)(C)C)cc(C(C)(C)C)c1. The summed E-state index contributed by atoms with van der Waals surface area (Å²) in [6, 6.07) is 26.5. The summed E-state index contributed by atoms with van der Waals surface area (Å²) in [6.07, 6.45) is 0. The van der Waals surface area contributed by atoms with E-state index in [9.17, 15) is 0 Å². The van der Waals surface area contributed by atoms with Gasteiger partial charge in [-0.15, -0.1) is 0 Å². The van der Waals surface area contributed by atoms with Crippen LogP contribution in [0.1, 0.15) is 164 Å². The molecule has 0 radical (unpaired) electrons. The number of anilines is 6. The lowest BCUT2D eigenvalue weighted by Gasteiger charge is -2.43. The van der Waals surface area contributed by atoms with E-state index in [0.29, 0.717) is 0 Å². The van der Waals surface area contributed by atoms with Crippen molar-refractivity contribution in [3.05, 3.63) is 106 Å². The van der Waals surface area contributed by atoms with Crippen molar-refractivity contribution in [3.63, 3.8) is 0 Å². The van der Waals surface area contributed by atoms with Gasteiger partial charge in [0.1, 0.15) is 0 Å². The Morgan fingerprint density at radius 2 is 0.877 bits per heavy atom. The van der Waals surface area contributed by atoms with Crippen LogP contribution in [0.15, 0.2) is 71.1 Å². The Morgan fingerprint density at radius 1 is 0.456 bits per heavy atom. The Labute approximate surface area is 345 Å². The zero-order valence-corrected chi connectivity index (χ0v) is 38.7. The van der Waals surface area contributed by atoms with E-state index in [-0.39, 0.29) is 39.2 Å². The minimum atomic E-state index is -0.286. The van der Waals surface area contributed by atoms with Crippen LogP contribution in [0.25, 0.3) is 0 Å². The molecule has 5 aromatic rings. The number of nitrogens with zero attached hydrogens (tertiary/aromatic N) is 3. The van der Waals surface area contributed by atoms with Crippen molar-refractivity contribution in [2.24, 2.45) is 0 Å². The number of oxazole rings is 1. The topological polar surface area (TPSA) is 32.5 Å². The third-order valence-electron chi connectivity index (χ3n) is 12.1. The van der Waals surface area contributed by atoms with Gasteiger partial charge in [0.25, 0.3) is 6.71 Å². The van der Waals surface area contributed by atoms with E-state index >= 15 is 0 Å². The third kappa shape index (κ3) is 7.27. The van der Waals surface area contributed by atoms with E-state index in [1.807, 2.05) is 0 Å². The Morgan fingerprint density at radius 3 is 1.30 bits per heavy atom. The largest absolute Gasteiger partial charge is 0.424 e. The Balaban J connectivity index is 1.65. The lowest BCUT2D eigenvalue weighted by atomic mass is 9.35. The fourth-order valence-electron chi connectivity index (χ4n) is 8.30. The van der Waals surface area contributed by atoms with E-state index in [4.69, 9.17) is 9.40 Å². The highest BCUT2D eigenvalue weighted by molar-refractivity contribution is 6.99. The molecule has 0 saturated carbocycles. The molecule has 2 aliphatic heterocycles. The van der Waals surface area contributed by atoms with Gasteiger partial charge < -0.3 is 9.32 Å². The molecule has 2 aliphatic rings. The van der Waals surface area contributed by atoms with Crippen LogP contribution in [-0.2, 0) is 32.5 Å². The second-order valence-electron chi connectivity index (χ2n) is 23.3. The molecule has 5 heteroatoms. The molecule has 0 atom stereocenters. The van der Waals surface area contributed by atoms with Gasteiger partial charge in [0, 0.05) is 33.9 Å². The van der Waals surface area contributed by atoms with Crippen LogP contribution >= 0.6 is 0 Å². The summed E-state index contributed by atoms with van der Waals surface area (Å²) in [5.41, 5.74) is 16.7. The number of benzene rings is 4. The average Bonchev–Trinajstić information content (AvgIpc) is 3.51. The fraction of sp³-hybridized carbons (Fsp3) is 0.481. The first-order valence-electron chi connectivity index (χ1n) is 21.2.